The third-order valence-corrected chi connectivity index (χ3v) is 9.66. The van der Waals surface area contributed by atoms with Crippen LogP contribution in [0.25, 0.3) is 0 Å². The van der Waals surface area contributed by atoms with E-state index in [0.29, 0.717) is 5.01 Å². The number of carbonyl (C=O) groups is 1. The molecule has 13 heteroatoms. The van der Waals surface area contributed by atoms with Crippen LogP contribution in [0.5, 0.6) is 0 Å². The van der Waals surface area contributed by atoms with Gasteiger partial charge in [0, 0.05) is 5.69 Å². The first-order valence-electron chi connectivity index (χ1n) is 10.6. The van der Waals surface area contributed by atoms with E-state index in [4.69, 9.17) is 5.14 Å². The number of anilines is 1. The predicted octanol–water partition coefficient (Wildman–Crippen LogP) is -1.20. The molecule has 2 aliphatic carbocycles. The summed E-state index contributed by atoms with van der Waals surface area (Å²) in [7, 11) is 3.85. The first kappa shape index (κ1) is 22.6. The number of aryl methyl sites for hydroxylation is 2. The highest BCUT2D eigenvalue weighted by atomic mass is 32.2. The Morgan fingerprint density at radius 3 is 2.29 bits per heavy atom. The van der Waals surface area contributed by atoms with E-state index in [1.54, 1.807) is 7.85 Å². The van der Waals surface area contributed by atoms with Gasteiger partial charge in [-0.25, -0.2) is 19.1 Å². The van der Waals surface area contributed by atoms with Crippen LogP contribution in [0.1, 0.15) is 40.1 Å². The zero-order valence-electron chi connectivity index (χ0n) is 18.4. The van der Waals surface area contributed by atoms with Crippen LogP contribution in [0.3, 0.4) is 0 Å². The largest absolute Gasteiger partial charge is 0.394 e. The second kappa shape index (κ2) is 7.79. The quantitative estimate of drug-likeness (QED) is 0.504. The Balaban J connectivity index is 1.63. The van der Waals surface area contributed by atoms with Crippen LogP contribution >= 0.6 is 11.3 Å². The monoisotopic (exact) mass is 454 g/mol. The van der Waals surface area contributed by atoms with Gasteiger partial charge in [0.05, 0.1) is 35.2 Å². The molecule has 4 N–H and O–H groups in total. The molecule has 1 aromatic carbocycles. The normalized spacial score (nSPS) is 19.2. The Morgan fingerprint density at radius 2 is 1.74 bits per heavy atom. The Morgan fingerprint density at radius 1 is 1.16 bits per heavy atom. The Hall–Kier alpha value is -1.55. The molecule has 0 saturated carbocycles. The molecule has 0 fully saturated rings. The van der Waals surface area contributed by atoms with Crippen molar-refractivity contribution in [3.8, 4) is 0 Å². The number of nitrogens with one attached hydrogen (secondary N) is 1. The van der Waals surface area contributed by atoms with Crippen molar-refractivity contribution < 1.29 is 14.1 Å². The van der Waals surface area contributed by atoms with Crippen molar-refractivity contribution in [3.63, 3.8) is 0 Å². The summed E-state index contributed by atoms with van der Waals surface area (Å²) in [6.45, 7) is 0. The lowest BCUT2D eigenvalue weighted by Gasteiger charge is -2.36. The summed E-state index contributed by atoms with van der Waals surface area (Å²) in [6, 6.07) is 1.57. The maximum absolute atomic E-state index is 13.1. The fourth-order valence-corrected chi connectivity index (χ4v) is 6.52. The highest BCUT2D eigenvalue weighted by Gasteiger charge is 2.39. The summed E-state index contributed by atoms with van der Waals surface area (Å²) in [4.78, 5) is 17.0. The lowest BCUT2D eigenvalue weighted by molar-refractivity contribution is 0.128. The number of carbonyl (C=O) groups excluding carboxylic acids is 1. The van der Waals surface area contributed by atoms with E-state index < -0.39 is 26.6 Å². The van der Waals surface area contributed by atoms with Gasteiger partial charge in [-0.1, -0.05) is 11.2 Å². The molecule has 160 valence electrons. The molecule has 1 aromatic heterocycles. The first-order chi connectivity index (χ1) is 14.4. The van der Waals surface area contributed by atoms with Gasteiger partial charge in [0.15, 0.2) is 9.92 Å². The lowest BCUT2D eigenvalue weighted by Crippen LogP contribution is -2.42. The number of nitrogens with zero attached hydrogens (tertiary/aromatic N) is 2. The predicted molar refractivity (Wildman–Crippen MR) is 135 cm³/mol. The van der Waals surface area contributed by atoms with Crippen LogP contribution in [0.15, 0.2) is 20.8 Å². The van der Waals surface area contributed by atoms with E-state index in [1.165, 1.54) is 28.5 Å². The van der Waals surface area contributed by atoms with Crippen LogP contribution in [0.2, 0.25) is 5.11 Å². The van der Waals surface area contributed by atoms with Gasteiger partial charge in [-0.2, -0.15) is 0 Å². The van der Waals surface area contributed by atoms with E-state index in [2.05, 4.69) is 20.7 Å². The molecule has 31 heavy (non-hydrogen) atoms. The van der Waals surface area contributed by atoms with E-state index in [-0.39, 0.29) is 4.21 Å². The fourth-order valence-electron chi connectivity index (χ4n) is 4.21. The highest BCUT2D eigenvalue weighted by molar-refractivity contribution is 7.93. The van der Waals surface area contributed by atoms with E-state index in [1.807, 2.05) is 23.5 Å². The standard InChI is InChI=1S/C18H26B4N4O3S2/c19-17(28,18(20,21)22)15-24-8-13(30-15)31(23,29)26-16(27)25-14-11-5-1-3-9(11)7-10-4-2-6-12(10)14/h7-8,28H,1-6,19-22H2,(H3,23,25,26,27,29). The van der Waals surface area contributed by atoms with Gasteiger partial charge in [0.1, 0.15) is 17.1 Å². The van der Waals surface area contributed by atoms with Gasteiger partial charge < -0.3 is 10.4 Å². The third kappa shape index (κ3) is 4.13. The average molecular weight is 454 g/mol. The number of urea groups is 1. The summed E-state index contributed by atoms with van der Waals surface area (Å²) in [5, 5.41) is 19.6. The molecule has 2 unspecified atom stereocenters. The van der Waals surface area contributed by atoms with Crippen molar-refractivity contribution in [1.82, 2.24) is 4.98 Å². The maximum Gasteiger partial charge on any atom is 0.354 e. The molecule has 2 amide bonds. The number of aliphatic hydroxyl groups is 1. The number of rotatable bonds is 4. The molecule has 4 rings (SSSR count). The maximum atomic E-state index is 13.1. The molecule has 2 aliphatic rings. The molecule has 0 aliphatic heterocycles. The molecule has 0 saturated heterocycles. The number of aromatic nitrogens is 1. The summed E-state index contributed by atoms with van der Waals surface area (Å²) in [5.41, 5.74) is 4.54. The van der Waals surface area contributed by atoms with E-state index in [0.717, 1.165) is 55.5 Å². The topological polar surface area (TPSA) is 118 Å². The van der Waals surface area contributed by atoms with Gasteiger partial charge in [0.25, 0.3) is 0 Å². The van der Waals surface area contributed by atoms with Crippen LogP contribution in [-0.4, -0.2) is 51.7 Å². The minimum Gasteiger partial charge on any atom is -0.394 e. The Bertz CT molecular complexity index is 1150. The molecule has 0 bridgehead atoms. The number of thiazole rings is 1. The van der Waals surface area contributed by atoms with Gasteiger partial charge in [-0.05, 0) is 60.8 Å². The lowest BCUT2D eigenvalue weighted by atomic mass is 9.32. The van der Waals surface area contributed by atoms with Crippen molar-refractivity contribution in [3.05, 3.63) is 39.5 Å². The highest BCUT2D eigenvalue weighted by Crippen LogP contribution is 2.39. The minimum atomic E-state index is -3.48. The fraction of sp³-hybridized carbons (Fsp3) is 0.444. The molecular formula is C18H26B4N4O3S2. The second-order valence-corrected chi connectivity index (χ2v) is 12.7. The Kier molecular flexibility index (Phi) is 5.69. The zero-order chi connectivity index (χ0) is 22.6. The molecule has 2 aromatic rings. The molecule has 2 atom stereocenters. The van der Waals surface area contributed by atoms with Crippen LogP contribution < -0.4 is 10.5 Å². The summed E-state index contributed by atoms with van der Waals surface area (Å²) >= 11 is 1.03. The minimum absolute atomic E-state index is 0.172. The van der Waals surface area contributed by atoms with E-state index in [9.17, 15) is 14.1 Å². The smallest absolute Gasteiger partial charge is 0.354 e. The first-order valence-corrected chi connectivity index (χ1v) is 13.0. The average Bonchev–Trinajstić information content (AvgIpc) is 3.40. The van der Waals surface area contributed by atoms with Crippen molar-refractivity contribution >= 4 is 64.4 Å². The molecule has 7 nitrogen and oxygen atoms in total. The number of amides is 2. The zero-order valence-corrected chi connectivity index (χ0v) is 20.1. The van der Waals surface area contributed by atoms with Crippen LogP contribution in [0.4, 0.5) is 10.5 Å². The number of hydrogen-bond acceptors (Lipinski definition) is 5. The van der Waals surface area contributed by atoms with Crippen molar-refractivity contribution in [2.75, 3.05) is 5.32 Å². The number of fused-ring (bicyclic) bond motifs is 2. The number of hydrogen-bond donors (Lipinski definition) is 3. The number of nitrogens with two attached hydrogens (primary N) is 1. The van der Waals surface area contributed by atoms with Gasteiger partial charge in [0.2, 0.25) is 0 Å². The van der Waals surface area contributed by atoms with Crippen molar-refractivity contribution in [2.24, 2.45) is 9.50 Å². The van der Waals surface area contributed by atoms with Crippen molar-refractivity contribution in [2.45, 2.75) is 53.3 Å². The van der Waals surface area contributed by atoms with Crippen LogP contribution in [0, 0.1) is 0 Å². The summed E-state index contributed by atoms with van der Waals surface area (Å²) in [5.74, 6) is 0. The molecule has 1 heterocycles. The van der Waals surface area contributed by atoms with Crippen molar-refractivity contribution in [1.29, 1.82) is 0 Å². The van der Waals surface area contributed by atoms with Gasteiger partial charge in [-0.3, -0.25) is 0 Å². The third-order valence-electron chi connectivity index (χ3n) is 6.57. The Labute approximate surface area is 190 Å². The molecule has 0 radical (unpaired) electrons. The van der Waals surface area contributed by atoms with Crippen LogP contribution in [-0.2, 0) is 41.1 Å². The summed E-state index contributed by atoms with van der Waals surface area (Å²) < 4.78 is 17.1. The van der Waals surface area contributed by atoms with Gasteiger partial charge >= 0.3 is 6.03 Å². The molecule has 0 spiro atoms. The number of benzene rings is 1. The molecular weight excluding hydrogens is 428 g/mol. The summed E-state index contributed by atoms with van der Waals surface area (Å²) in [6.07, 6.45) is 7.39. The second-order valence-electron chi connectivity index (χ2n) is 9.63. The van der Waals surface area contributed by atoms with E-state index >= 15 is 0 Å². The SMILES string of the molecule is BC(B)(B)C(B)(O)c1ncc(S(N)(=O)=NC(=O)Nc2c3c(cc4c2CCC4)CCC3)s1. The van der Waals surface area contributed by atoms with Gasteiger partial charge in [-0.15, -0.1) is 15.7 Å².